The van der Waals surface area contributed by atoms with Crippen LogP contribution in [0.4, 0.5) is 4.79 Å². The van der Waals surface area contributed by atoms with Crippen LogP contribution in [0.25, 0.3) is 0 Å². The van der Waals surface area contributed by atoms with Crippen molar-refractivity contribution in [2.45, 2.75) is 64.3 Å². The molecule has 1 atom stereocenters. The van der Waals surface area contributed by atoms with E-state index in [0.29, 0.717) is 13.1 Å². The van der Waals surface area contributed by atoms with Crippen LogP contribution in [0.2, 0.25) is 0 Å². The maximum absolute atomic E-state index is 12.2. The average Bonchev–Trinajstić information content (AvgIpc) is 2.84. The van der Waals surface area contributed by atoms with Gasteiger partial charge in [0.15, 0.2) is 0 Å². The molecule has 1 saturated carbocycles. The molecule has 5 heteroatoms. The van der Waals surface area contributed by atoms with Crippen molar-refractivity contribution in [3.05, 3.63) is 0 Å². The third-order valence-corrected chi connectivity index (χ3v) is 4.78. The van der Waals surface area contributed by atoms with Gasteiger partial charge in [-0.05, 0) is 31.1 Å². The quantitative estimate of drug-likeness (QED) is 0.832. The Labute approximate surface area is 120 Å². The predicted molar refractivity (Wildman–Crippen MR) is 76.6 cm³/mol. The van der Waals surface area contributed by atoms with Crippen LogP contribution in [-0.4, -0.2) is 41.1 Å². The molecule has 0 aromatic rings. The molecule has 2 aliphatic rings. The summed E-state index contributed by atoms with van der Waals surface area (Å²) in [5.74, 6) is -0.825. The number of urea groups is 1. The van der Waals surface area contributed by atoms with E-state index in [1.807, 2.05) is 0 Å². The van der Waals surface area contributed by atoms with Crippen molar-refractivity contribution in [3.8, 4) is 0 Å². The Kier molecular flexibility index (Phi) is 4.89. The van der Waals surface area contributed by atoms with Gasteiger partial charge in [0.2, 0.25) is 0 Å². The van der Waals surface area contributed by atoms with Gasteiger partial charge in [0, 0.05) is 19.1 Å². The molecule has 0 bridgehead atoms. The summed E-state index contributed by atoms with van der Waals surface area (Å²) < 4.78 is 0. The van der Waals surface area contributed by atoms with Gasteiger partial charge in [0.05, 0.1) is 6.42 Å². The summed E-state index contributed by atoms with van der Waals surface area (Å²) in [7, 11) is 0. The molecule has 2 N–H and O–H groups in total. The molecule has 114 valence electrons. The summed E-state index contributed by atoms with van der Waals surface area (Å²) in [5, 5.41) is 11.9. The molecular weight excluding hydrogens is 256 g/mol. The number of hydrogen-bond donors (Lipinski definition) is 2. The molecule has 0 radical (unpaired) electrons. The molecule has 1 heterocycles. The Bertz CT molecular complexity index is 364. The largest absolute Gasteiger partial charge is 0.481 e. The van der Waals surface area contributed by atoms with Crippen LogP contribution in [-0.2, 0) is 4.79 Å². The van der Waals surface area contributed by atoms with Crippen LogP contribution >= 0.6 is 0 Å². The van der Waals surface area contributed by atoms with E-state index < -0.39 is 5.97 Å². The van der Waals surface area contributed by atoms with E-state index in [2.05, 4.69) is 12.2 Å². The van der Waals surface area contributed by atoms with Gasteiger partial charge in [-0.25, -0.2) is 4.79 Å². The van der Waals surface area contributed by atoms with Gasteiger partial charge in [0.25, 0.3) is 0 Å². The normalized spacial score (nSPS) is 25.4. The summed E-state index contributed by atoms with van der Waals surface area (Å²) in [4.78, 5) is 24.8. The second-order valence-corrected chi connectivity index (χ2v) is 6.62. The third-order valence-electron chi connectivity index (χ3n) is 4.78. The van der Waals surface area contributed by atoms with Crippen molar-refractivity contribution in [2.75, 3.05) is 13.1 Å². The van der Waals surface area contributed by atoms with Gasteiger partial charge in [-0.1, -0.05) is 26.2 Å². The highest BCUT2D eigenvalue weighted by Crippen LogP contribution is 2.35. The Balaban J connectivity index is 1.83. The van der Waals surface area contributed by atoms with Gasteiger partial charge in [-0.3, -0.25) is 4.79 Å². The molecule has 2 fully saturated rings. The second-order valence-electron chi connectivity index (χ2n) is 6.62. The molecule has 0 spiro atoms. The van der Waals surface area contributed by atoms with Crippen molar-refractivity contribution in [2.24, 2.45) is 5.41 Å². The van der Waals surface area contributed by atoms with Gasteiger partial charge in [-0.2, -0.15) is 0 Å². The van der Waals surface area contributed by atoms with Crippen LogP contribution in [0, 0.1) is 5.41 Å². The second kappa shape index (κ2) is 6.46. The summed E-state index contributed by atoms with van der Waals surface area (Å²) >= 11 is 0. The van der Waals surface area contributed by atoms with E-state index in [9.17, 15) is 9.59 Å². The van der Waals surface area contributed by atoms with Crippen molar-refractivity contribution in [3.63, 3.8) is 0 Å². The Morgan fingerprint density at radius 2 is 1.95 bits per heavy atom. The van der Waals surface area contributed by atoms with Crippen LogP contribution < -0.4 is 5.32 Å². The lowest BCUT2D eigenvalue weighted by atomic mass is 9.76. The molecular formula is C15H26N2O3. The molecule has 1 aliphatic carbocycles. The van der Waals surface area contributed by atoms with Crippen molar-refractivity contribution < 1.29 is 14.7 Å². The first-order chi connectivity index (χ1) is 9.50. The van der Waals surface area contributed by atoms with Crippen LogP contribution in [0.1, 0.15) is 58.3 Å². The number of aliphatic carboxylic acids is 1. The summed E-state index contributed by atoms with van der Waals surface area (Å²) in [6, 6.07) is -0.216. The number of rotatable bonds is 4. The summed E-state index contributed by atoms with van der Waals surface area (Å²) in [5.41, 5.74) is 0.218. The molecule has 2 rings (SSSR count). The fraction of sp³-hybridized carbons (Fsp3) is 0.867. The third kappa shape index (κ3) is 3.87. The van der Waals surface area contributed by atoms with E-state index >= 15 is 0 Å². The highest BCUT2D eigenvalue weighted by Gasteiger charge is 2.32. The fourth-order valence-electron chi connectivity index (χ4n) is 3.49. The zero-order valence-electron chi connectivity index (χ0n) is 12.4. The first kappa shape index (κ1) is 15.1. The molecule has 2 amide bonds. The highest BCUT2D eigenvalue weighted by atomic mass is 16.4. The zero-order chi connectivity index (χ0) is 14.6. The number of amides is 2. The SMILES string of the molecule is CC1(CNC(=O)N2CCCC2CC(=O)O)CCCCC1. The van der Waals surface area contributed by atoms with Gasteiger partial charge in [-0.15, -0.1) is 0 Å². The Morgan fingerprint density at radius 3 is 2.60 bits per heavy atom. The van der Waals surface area contributed by atoms with E-state index in [0.717, 1.165) is 12.8 Å². The van der Waals surface area contributed by atoms with Crippen molar-refractivity contribution >= 4 is 12.0 Å². The van der Waals surface area contributed by atoms with Crippen molar-refractivity contribution in [1.82, 2.24) is 10.2 Å². The van der Waals surface area contributed by atoms with E-state index in [1.54, 1.807) is 4.90 Å². The minimum atomic E-state index is -0.825. The molecule has 1 aliphatic heterocycles. The number of carboxylic acids is 1. The minimum absolute atomic E-state index is 0.0602. The first-order valence-corrected chi connectivity index (χ1v) is 7.76. The zero-order valence-corrected chi connectivity index (χ0v) is 12.4. The number of carbonyl (C=O) groups excluding carboxylic acids is 1. The smallest absolute Gasteiger partial charge is 0.317 e. The fourth-order valence-corrected chi connectivity index (χ4v) is 3.49. The van der Waals surface area contributed by atoms with E-state index in [4.69, 9.17) is 5.11 Å². The lowest BCUT2D eigenvalue weighted by Crippen LogP contribution is -2.47. The summed E-state index contributed by atoms with van der Waals surface area (Å²) in [6.45, 7) is 3.63. The van der Waals surface area contributed by atoms with Gasteiger partial charge in [0.1, 0.15) is 0 Å². The average molecular weight is 282 g/mol. The topological polar surface area (TPSA) is 69.6 Å². The number of likely N-dealkylation sites (tertiary alicyclic amines) is 1. The number of hydrogen-bond acceptors (Lipinski definition) is 2. The number of carbonyl (C=O) groups is 2. The van der Waals surface area contributed by atoms with Crippen LogP contribution in [0.5, 0.6) is 0 Å². The van der Waals surface area contributed by atoms with Gasteiger partial charge < -0.3 is 15.3 Å². The Morgan fingerprint density at radius 1 is 1.25 bits per heavy atom. The molecule has 1 saturated heterocycles. The van der Waals surface area contributed by atoms with E-state index in [1.165, 1.54) is 32.1 Å². The number of nitrogens with one attached hydrogen (secondary N) is 1. The lowest BCUT2D eigenvalue weighted by Gasteiger charge is -2.34. The predicted octanol–water partition coefficient (Wildman–Crippen LogP) is 2.61. The molecule has 0 aromatic carbocycles. The molecule has 5 nitrogen and oxygen atoms in total. The molecule has 1 unspecified atom stereocenters. The maximum atomic E-state index is 12.2. The summed E-state index contributed by atoms with van der Waals surface area (Å²) in [6.07, 6.45) is 7.91. The van der Waals surface area contributed by atoms with E-state index in [-0.39, 0.29) is 23.9 Å². The number of carboxylic acid groups (broad SMARTS) is 1. The molecule has 0 aromatic heterocycles. The number of nitrogens with zero attached hydrogens (tertiary/aromatic N) is 1. The van der Waals surface area contributed by atoms with Gasteiger partial charge >= 0.3 is 12.0 Å². The highest BCUT2D eigenvalue weighted by molar-refractivity contribution is 5.76. The lowest BCUT2D eigenvalue weighted by molar-refractivity contribution is -0.137. The van der Waals surface area contributed by atoms with Crippen molar-refractivity contribution in [1.29, 1.82) is 0 Å². The monoisotopic (exact) mass is 282 g/mol. The minimum Gasteiger partial charge on any atom is -0.481 e. The van der Waals surface area contributed by atoms with Crippen LogP contribution in [0.15, 0.2) is 0 Å². The maximum Gasteiger partial charge on any atom is 0.317 e. The van der Waals surface area contributed by atoms with Crippen LogP contribution in [0.3, 0.4) is 0 Å². The first-order valence-electron chi connectivity index (χ1n) is 7.76. The Hall–Kier alpha value is -1.26. The molecule has 20 heavy (non-hydrogen) atoms. The standard InChI is InChI=1S/C15H26N2O3/c1-15(7-3-2-4-8-15)11-16-14(20)17-9-5-6-12(17)10-13(18)19/h12H,2-11H2,1H3,(H,16,20)(H,18,19).